The van der Waals surface area contributed by atoms with Crippen LogP contribution in [0.4, 0.5) is 56.9 Å². The number of unbranched alkanes of at least 4 members (excludes halogenated alkanes) is 1. The number of hydrogen-bond donors (Lipinski definition) is 6. The molecule has 0 fully saturated rings. The van der Waals surface area contributed by atoms with Crippen molar-refractivity contribution in [2.24, 2.45) is 40.9 Å². The average molecular weight is 1110 g/mol. The van der Waals surface area contributed by atoms with E-state index < -0.39 is 78.0 Å². The van der Waals surface area contributed by atoms with Crippen LogP contribution in [-0.2, 0) is 40.5 Å². The first-order chi connectivity index (χ1) is 35.6. The first kappa shape index (κ1) is 56.0. The third-order valence-electron chi connectivity index (χ3n) is 11.3. The van der Waals surface area contributed by atoms with E-state index in [0.717, 1.165) is 17.8 Å². The average Bonchev–Trinajstić information content (AvgIpc) is 3.33. The lowest BCUT2D eigenvalue weighted by Gasteiger charge is -2.12. The highest BCUT2D eigenvalue weighted by atomic mass is 32.2. The van der Waals surface area contributed by atoms with Crippen LogP contribution in [0.15, 0.2) is 165 Å². The van der Waals surface area contributed by atoms with Crippen molar-refractivity contribution in [3.8, 4) is 11.5 Å². The number of hydrogen-bond acceptors (Lipinski definition) is 19. The molecule has 0 aliphatic heterocycles. The Morgan fingerprint density at radius 3 is 1.46 bits per heavy atom. The molecule has 27 heteroatoms. The molecule has 6 N–H and O–H groups in total. The van der Waals surface area contributed by atoms with Gasteiger partial charge in [-0.3, -0.25) is 18.2 Å². The minimum Gasteiger partial charge on any atom is -0.505 e. The molecular weight excluding hydrogens is 1070 g/mol. The predicted molar refractivity (Wildman–Crippen MR) is 282 cm³/mol. The summed E-state index contributed by atoms with van der Waals surface area (Å²) in [7, 11) is -19.0. The second kappa shape index (κ2) is 22.6. The fraction of sp³-hybridized carbons (Fsp3) is 0.184. The lowest BCUT2D eigenvalue weighted by atomic mass is 10.1. The van der Waals surface area contributed by atoms with E-state index in [1.165, 1.54) is 18.2 Å². The van der Waals surface area contributed by atoms with Gasteiger partial charge in [-0.1, -0.05) is 18.2 Å². The number of para-hydroxylation sites is 1. The van der Waals surface area contributed by atoms with E-state index in [1.807, 2.05) is 30.3 Å². The molecule has 0 aliphatic rings. The standard InChI is InChI=1S/C49H47N9O14S4/c1-28-20-41(54-57-44-23-32(5)43(27-45(44)72-17-9-10-18-73(60,61)62)55-51-38-16-14-36(74(63,64)65)26-46(38)75(66,67)68)29(2)19-39(28)52-53-40-21-31(4)42(22-30(40)3)56-58-48-47(76(69,70)71)25-33-24-35(13-15-37(33)49(48)59)50-34-11-7-6-8-12-34/h6-8,11-16,19-27,50,59H,9-10,17-18H2,1-5H3,(H,60,61,62)(H,63,64,65)(H,66,67,68)(H,69,70,71). The summed E-state index contributed by atoms with van der Waals surface area (Å²) < 4.78 is 140. The molecule has 0 unspecified atom stereocenters. The van der Waals surface area contributed by atoms with Crippen molar-refractivity contribution in [2.45, 2.75) is 62.1 Å². The fourth-order valence-corrected chi connectivity index (χ4v) is 9.77. The lowest BCUT2D eigenvalue weighted by molar-refractivity contribution is 0.310. The first-order valence-corrected chi connectivity index (χ1v) is 28.4. The number of rotatable bonds is 19. The summed E-state index contributed by atoms with van der Waals surface area (Å²) in [5.74, 6) is -0.913. The normalized spacial score (nSPS) is 12.8. The van der Waals surface area contributed by atoms with Gasteiger partial charge in [-0.15, -0.1) is 15.3 Å². The predicted octanol–water partition coefficient (Wildman–Crippen LogP) is 13.3. The van der Waals surface area contributed by atoms with Crippen LogP contribution in [-0.4, -0.2) is 69.3 Å². The zero-order valence-electron chi connectivity index (χ0n) is 40.8. The molecule has 0 aromatic heterocycles. The van der Waals surface area contributed by atoms with Crippen LogP contribution in [0.5, 0.6) is 11.5 Å². The van der Waals surface area contributed by atoms with Gasteiger partial charge in [0, 0.05) is 22.8 Å². The van der Waals surface area contributed by atoms with Crippen LogP contribution < -0.4 is 10.1 Å². The molecule has 7 aromatic carbocycles. The monoisotopic (exact) mass is 1110 g/mol. The van der Waals surface area contributed by atoms with E-state index in [1.54, 1.807) is 77.1 Å². The summed E-state index contributed by atoms with van der Waals surface area (Å²) in [4.78, 5) is -2.40. The highest BCUT2D eigenvalue weighted by Gasteiger charge is 2.24. The summed E-state index contributed by atoms with van der Waals surface area (Å²) in [6.45, 7) is 8.61. The number of azo groups is 4. The Morgan fingerprint density at radius 2 is 0.947 bits per heavy atom. The van der Waals surface area contributed by atoms with Gasteiger partial charge in [0.15, 0.2) is 5.75 Å². The molecule has 0 radical (unpaired) electrons. The summed E-state index contributed by atoms with van der Waals surface area (Å²) in [6.07, 6.45) is 0.248. The van der Waals surface area contributed by atoms with Crippen molar-refractivity contribution in [3.63, 3.8) is 0 Å². The maximum atomic E-state index is 12.6. The molecular formula is C49H47N9O14S4. The largest absolute Gasteiger partial charge is 0.505 e. The number of phenolic OH excluding ortho intramolecular Hbond substituents is 1. The minimum absolute atomic E-state index is 0.0471. The summed E-state index contributed by atoms with van der Waals surface area (Å²) in [6, 6.07) is 27.5. The van der Waals surface area contributed by atoms with E-state index in [2.05, 4.69) is 46.2 Å². The number of anilines is 2. The van der Waals surface area contributed by atoms with E-state index in [4.69, 9.17) is 9.29 Å². The number of phenols is 1. The molecule has 0 amide bonds. The number of aromatic hydroxyl groups is 1. The van der Waals surface area contributed by atoms with Crippen LogP contribution >= 0.6 is 0 Å². The Balaban J connectivity index is 1.12. The van der Waals surface area contributed by atoms with Gasteiger partial charge in [0.1, 0.15) is 32.6 Å². The van der Waals surface area contributed by atoms with Crippen molar-refractivity contribution in [1.29, 1.82) is 0 Å². The first-order valence-electron chi connectivity index (χ1n) is 22.4. The van der Waals surface area contributed by atoms with Crippen LogP contribution in [0.1, 0.15) is 40.7 Å². The third-order valence-corrected chi connectivity index (χ3v) is 14.7. The molecule has 0 saturated carbocycles. The van der Waals surface area contributed by atoms with Gasteiger partial charge in [0.2, 0.25) is 0 Å². The number of nitrogens with one attached hydrogen (secondary N) is 1. The molecule has 0 bridgehead atoms. The topological polar surface area (TPSA) is 358 Å². The molecule has 396 valence electrons. The maximum Gasteiger partial charge on any atom is 0.296 e. The summed E-state index contributed by atoms with van der Waals surface area (Å²) >= 11 is 0. The van der Waals surface area contributed by atoms with Gasteiger partial charge < -0.3 is 15.2 Å². The highest BCUT2D eigenvalue weighted by molar-refractivity contribution is 7.87. The molecule has 76 heavy (non-hydrogen) atoms. The Hall–Kier alpha value is -7.76. The smallest absolute Gasteiger partial charge is 0.296 e. The molecule has 0 heterocycles. The Bertz CT molecular complexity index is 4030. The number of aryl methyl sites for hydroxylation is 5. The van der Waals surface area contributed by atoms with Crippen molar-refractivity contribution in [3.05, 3.63) is 137 Å². The van der Waals surface area contributed by atoms with E-state index in [9.17, 15) is 52.4 Å². The van der Waals surface area contributed by atoms with Gasteiger partial charge in [0.25, 0.3) is 40.5 Å². The van der Waals surface area contributed by atoms with Crippen LogP contribution in [0.3, 0.4) is 0 Å². The van der Waals surface area contributed by atoms with Crippen molar-refractivity contribution >= 4 is 108 Å². The fourth-order valence-electron chi connectivity index (χ4n) is 7.32. The van der Waals surface area contributed by atoms with Gasteiger partial charge >= 0.3 is 0 Å². The van der Waals surface area contributed by atoms with Gasteiger partial charge in [-0.05, 0) is 166 Å². The summed E-state index contributed by atoms with van der Waals surface area (Å²) in [5, 5.41) is 49.3. The quantitative estimate of drug-likeness (QED) is 0.0249. The van der Waals surface area contributed by atoms with Gasteiger partial charge in [-0.2, -0.15) is 59.2 Å². The number of ether oxygens (including phenoxy) is 1. The van der Waals surface area contributed by atoms with E-state index in [-0.39, 0.29) is 42.0 Å². The Morgan fingerprint density at radius 1 is 0.461 bits per heavy atom. The molecule has 7 rings (SSSR count). The van der Waals surface area contributed by atoms with Crippen LogP contribution in [0, 0.1) is 34.6 Å². The molecule has 7 aromatic rings. The number of fused-ring (bicyclic) bond motifs is 1. The number of nitrogens with zero attached hydrogens (tertiary/aromatic N) is 8. The van der Waals surface area contributed by atoms with Crippen molar-refractivity contribution in [2.75, 3.05) is 17.7 Å². The van der Waals surface area contributed by atoms with Gasteiger partial charge in [0.05, 0.1) is 45.7 Å². The van der Waals surface area contributed by atoms with E-state index >= 15 is 0 Å². The van der Waals surface area contributed by atoms with Gasteiger partial charge in [-0.25, -0.2) is 0 Å². The van der Waals surface area contributed by atoms with Crippen molar-refractivity contribution in [1.82, 2.24) is 0 Å². The zero-order valence-corrected chi connectivity index (χ0v) is 44.1. The molecule has 0 aliphatic carbocycles. The second-order valence-electron chi connectivity index (χ2n) is 17.2. The Labute approximate surface area is 436 Å². The summed E-state index contributed by atoms with van der Waals surface area (Å²) in [5.41, 5.74) is 5.42. The lowest BCUT2D eigenvalue weighted by Crippen LogP contribution is -2.06. The SMILES string of the molecule is Cc1cc(N=Nc2cc(C)c(N=Nc3ccc(S(=O)(=O)O)cc3S(=O)(=O)O)cc2OCCCCS(=O)(=O)O)c(C)cc1N=Nc1cc(C)c(N=Nc2c(S(=O)(=O)O)cc3cc(Nc4ccccc4)ccc3c2O)cc1C. The highest BCUT2D eigenvalue weighted by Crippen LogP contribution is 2.44. The molecule has 23 nitrogen and oxygen atoms in total. The zero-order chi connectivity index (χ0) is 55.3. The van der Waals surface area contributed by atoms with Crippen LogP contribution in [0.2, 0.25) is 0 Å². The van der Waals surface area contributed by atoms with Crippen molar-refractivity contribution < 1.29 is 61.7 Å². The minimum atomic E-state index is -5.05. The van der Waals surface area contributed by atoms with E-state index in [0.29, 0.717) is 67.7 Å². The third kappa shape index (κ3) is 14.1. The molecule has 0 atom stereocenters. The number of benzene rings is 7. The van der Waals surface area contributed by atoms with Crippen LogP contribution in [0.25, 0.3) is 10.8 Å². The molecule has 0 spiro atoms. The molecule has 0 saturated heterocycles. The Kier molecular flexibility index (Phi) is 16.7. The maximum absolute atomic E-state index is 12.6. The second-order valence-corrected chi connectivity index (χ2v) is 22.9.